The highest BCUT2D eigenvalue weighted by molar-refractivity contribution is 5.80. The number of likely N-dealkylation sites (tertiary alicyclic amines) is 1. The van der Waals surface area contributed by atoms with E-state index in [4.69, 9.17) is 9.15 Å². The first-order valence-corrected chi connectivity index (χ1v) is 8.78. The molecule has 1 amide bonds. The monoisotopic (exact) mass is 357 g/mol. The summed E-state index contributed by atoms with van der Waals surface area (Å²) in [5.41, 5.74) is -0.394. The van der Waals surface area contributed by atoms with E-state index < -0.39 is 11.6 Å². The smallest absolute Gasteiger partial charge is 0.348 e. The topological polar surface area (TPSA) is 80.0 Å². The molecule has 1 saturated heterocycles. The number of ether oxygens (including phenoxy) is 1. The Hall–Kier alpha value is -2.76. The second-order valence-corrected chi connectivity index (χ2v) is 6.63. The van der Waals surface area contributed by atoms with Crippen LogP contribution >= 0.6 is 0 Å². The highest BCUT2D eigenvalue weighted by Gasteiger charge is 2.45. The molecule has 1 aromatic carbocycles. The van der Waals surface area contributed by atoms with Crippen LogP contribution in [0.4, 0.5) is 0 Å². The highest BCUT2D eigenvalue weighted by atomic mass is 16.5. The molecule has 1 aliphatic rings. The molecule has 0 atom stereocenters. The first kappa shape index (κ1) is 18.0. The number of furan rings is 1. The van der Waals surface area contributed by atoms with Crippen LogP contribution in [0.15, 0.2) is 47.1 Å². The average molecular weight is 357 g/mol. The summed E-state index contributed by atoms with van der Waals surface area (Å²) >= 11 is 0. The number of hydrogen-bond donors (Lipinski definition) is 1. The third-order valence-corrected chi connectivity index (χ3v) is 4.88. The molecule has 1 N–H and O–H groups in total. The van der Waals surface area contributed by atoms with Crippen molar-refractivity contribution in [2.75, 3.05) is 13.1 Å². The summed E-state index contributed by atoms with van der Waals surface area (Å²) in [4.78, 5) is 26.0. The van der Waals surface area contributed by atoms with E-state index in [0.29, 0.717) is 31.7 Å². The number of rotatable bonds is 6. The van der Waals surface area contributed by atoms with E-state index in [9.17, 15) is 14.7 Å². The molecule has 2 aromatic rings. The van der Waals surface area contributed by atoms with Gasteiger partial charge in [0.1, 0.15) is 11.5 Å². The van der Waals surface area contributed by atoms with Crippen molar-refractivity contribution in [2.45, 2.75) is 38.2 Å². The fourth-order valence-corrected chi connectivity index (χ4v) is 3.20. The predicted molar refractivity (Wildman–Crippen MR) is 95.0 cm³/mol. The zero-order valence-electron chi connectivity index (χ0n) is 14.8. The average Bonchev–Trinajstić information content (AvgIpc) is 3.16. The second kappa shape index (κ2) is 7.64. The summed E-state index contributed by atoms with van der Waals surface area (Å²) in [7, 11) is 0. The molecule has 0 unspecified atom stereocenters. The van der Waals surface area contributed by atoms with E-state index in [1.165, 1.54) is 0 Å². The molecule has 2 heterocycles. The lowest BCUT2D eigenvalue weighted by molar-refractivity contribution is -0.161. The molecular formula is C20H23NO5. The van der Waals surface area contributed by atoms with Crippen molar-refractivity contribution in [3.05, 3.63) is 54.0 Å². The van der Waals surface area contributed by atoms with Crippen molar-refractivity contribution in [3.8, 4) is 5.75 Å². The lowest BCUT2D eigenvalue weighted by Crippen LogP contribution is -2.54. The van der Waals surface area contributed by atoms with Gasteiger partial charge in [0.05, 0.1) is 6.26 Å². The number of aliphatic carboxylic acids is 1. The number of carboxylic acids is 1. The van der Waals surface area contributed by atoms with Crippen LogP contribution in [0.3, 0.4) is 0 Å². The van der Waals surface area contributed by atoms with Gasteiger partial charge in [-0.2, -0.15) is 0 Å². The van der Waals surface area contributed by atoms with Gasteiger partial charge in [0.15, 0.2) is 0 Å². The van der Waals surface area contributed by atoms with Gasteiger partial charge in [0.25, 0.3) is 0 Å². The quantitative estimate of drug-likeness (QED) is 0.859. The van der Waals surface area contributed by atoms with Gasteiger partial charge in [0.2, 0.25) is 11.5 Å². The number of amides is 1. The number of aryl methyl sites for hydroxylation is 2. The van der Waals surface area contributed by atoms with Crippen molar-refractivity contribution in [1.29, 1.82) is 0 Å². The van der Waals surface area contributed by atoms with E-state index in [2.05, 4.69) is 0 Å². The number of hydrogen-bond acceptors (Lipinski definition) is 4. The van der Waals surface area contributed by atoms with Crippen LogP contribution in [-0.4, -0.2) is 40.6 Å². The zero-order chi connectivity index (χ0) is 18.6. The van der Waals surface area contributed by atoms with E-state index in [1.54, 1.807) is 23.3 Å². The molecule has 0 bridgehead atoms. The van der Waals surface area contributed by atoms with E-state index >= 15 is 0 Å². The van der Waals surface area contributed by atoms with Crippen molar-refractivity contribution in [1.82, 2.24) is 4.90 Å². The minimum absolute atomic E-state index is 0.0104. The molecule has 0 aliphatic carbocycles. The summed E-state index contributed by atoms with van der Waals surface area (Å²) in [6.07, 6.45) is 3.02. The van der Waals surface area contributed by atoms with Crippen molar-refractivity contribution < 1.29 is 23.8 Å². The summed E-state index contributed by atoms with van der Waals surface area (Å²) in [5.74, 6) is 0.380. The van der Waals surface area contributed by atoms with Gasteiger partial charge in [-0.15, -0.1) is 0 Å². The highest BCUT2D eigenvalue weighted by Crippen LogP contribution is 2.31. The van der Waals surface area contributed by atoms with Crippen LogP contribution in [0, 0.1) is 6.92 Å². The fourth-order valence-electron chi connectivity index (χ4n) is 3.20. The summed E-state index contributed by atoms with van der Waals surface area (Å²) in [6.45, 7) is 2.63. The Morgan fingerprint density at radius 2 is 1.92 bits per heavy atom. The largest absolute Gasteiger partial charge is 0.478 e. The Kier molecular flexibility index (Phi) is 5.30. The number of carboxylic acid groups (broad SMARTS) is 1. The van der Waals surface area contributed by atoms with Gasteiger partial charge < -0.3 is 19.2 Å². The summed E-state index contributed by atoms with van der Waals surface area (Å²) in [6, 6.07) is 11.0. The lowest BCUT2D eigenvalue weighted by atomic mass is 9.90. The van der Waals surface area contributed by atoms with Crippen molar-refractivity contribution >= 4 is 11.9 Å². The van der Waals surface area contributed by atoms with Gasteiger partial charge in [-0.05, 0) is 30.7 Å². The molecule has 0 spiro atoms. The maximum absolute atomic E-state index is 12.4. The number of nitrogens with zero attached hydrogens (tertiary/aromatic N) is 1. The summed E-state index contributed by atoms with van der Waals surface area (Å²) in [5, 5.41) is 9.75. The molecular weight excluding hydrogens is 334 g/mol. The number of piperidine rings is 1. The van der Waals surface area contributed by atoms with E-state index in [1.807, 2.05) is 31.2 Å². The first-order chi connectivity index (χ1) is 12.5. The molecule has 6 nitrogen and oxygen atoms in total. The lowest BCUT2D eigenvalue weighted by Gasteiger charge is -2.39. The molecule has 26 heavy (non-hydrogen) atoms. The molecule has 6 heteroatoms. The zero-order valence-corrected chi connectivity index (χ0v) is 14.8. The normalized spacial score (nSPS) is 16.3. The summed E-state index contributed by atoms with van der Waals surface area (Å²) < 4.78 is 11.2. The SMILES string of the molecule is Cc1ccccc1OC1(C(=O)O)CCN(C(=O)CCc2ccco2)CC1. The van der Waals surface area contributed by atoms with Gasteiger partial charge >= 0.3 is 5.97 Å². The van der Waals surface area contributed by atoms with Crippen LogP contribution in [0.1, 0.15) is 30.6 Å². The van der Waals surface area contributed by atoms with E-state index in [0.717, 1.165) is 11.3 Å². The minimum atomic E-state index is -1.29. The van der Waals surface area contributed by atoms with Gasteiger partial charge in [-0.3, -0.25) is 4.79 Å². The van der Waals surface area contributed by atoms with Crippen LogP contribution in [0.5, 0.6) is 5.75 Å². The predicted octanol–water partition coefficient (Wildman–Crippen LogP) is 3.05. The molecule has 1 aliphatic heterocycles. The Morgan fingerprint density at radius 1 is 1.19 bits per heavy atom. The third kappa shape index (κ3) is 3.90. The molecule has 1 aromatic heterocycles. The fraction of sp³-hybridized carbons (Fsp3) is 0.400. The standard InChI is InChI=1S/C20H23NO5/c1-15-5-2-3-7-17(15)26-20(19(23)24)10-12-21(13-11-20)18(22)9-8-16-6-4-14-25-16/h2-7,14H,8-13H2,1H3,(H,23,24). The van der Waals surface area contributed by atoms with Crippen LogP contribution in [0.25, 0.3) is 0 Å². The Bertz CT molecular complexity index is 760. The minimum Gasteiger partial charge on any atom is -0.478 e. The van der Waals surface area contributed by atoms with Crippen LogP contribution in [-0.2, 0) is 16.0 Å². The second-order valence-electron chi connectivity index (χ2n) is 6.63. The Balaban J connectivity index is 1.61. The first-order valence-electron chi connectivity index (χ1n) is 8.78. The number of para-hydroxylation sites is 1. The Labute approximate surface area is 152 Å². The molecule has 138 valence electrons. The number of carbonyl (C=O) groups excluding carboxylic acids is 1. The molecule has 1 fully saturated rings. The molecule has 3 rings (SSSR count). The van der Waals surface area contributed by atoms with Crippen LogP contribution < -0.4 is 4.74 Å². The van der Waals surface area contributed by atoms with Gasteiger partial charge in [-0.1, -0.05) is 18.2 Å². The Morgan fingerprint density at radius 3 is 2.54 bits per heavy atom. The third-order valence-electron chi connectivity index (χ3n) is 4.88. The maximum atomic E-state index is 12.4. The molecule has 0 radical (unpaired) electrons. The maximum Gasteiger partial charge on any atom is 0.348 e. The number of carbonyl (C=O) groups is 2. The van der Waals surface area contributed by atoms with Crippen molar-refractivity contribution in [3.63, 3.8) is 0 Å². The van der Waals surface area contributed by atoms with Gasteiger partial charge in [0, 0.05) is 38.8 Å². The van der Waals surface area contributed by atoms with Crippen LogP contribution in [0.2, 0.25) is 0 Å². The number of benzene rings is 1. The van der Waals surface area contributed by atoms with E-state index in [-0.39, 0.29) is 18.7 Å². The van der Waals surface area contributed by atoms with Gasteiger partial charge in [-0.25, -0.2) is 4.79 Å². The van der Waals surface area contributed by atoms with Crippen molar-refractivity contribution in [2.24, 2.45) is 0 Å². The molecule has 0 saturated carbocycles.